The molecule has 0 aliphatic heterocycles. The standard InChI is InChI=1S/C5H5.3CO.CH3.W/c1-2-4-5-3-1;3*1-2;;/h1-3H,4H2;;;;1H3;. The van der Waals surface area contributed by atoms with Gasteiger partial charge in [0.25, 0.3) is 20.4 Å². The first-order valence-electron chi connectivity index (χ1n) is 2.94. The van der Waals surface area contributed by atoms with E-state index in [1.165, 1.54) is 6.42 Å². The van der Waals surface area contributed by atoms with Crippen molar-refractivity contribution in [1.29, 1.82) is 0 Å². The van der Waals surface area contributed by atoms with Gasteiger partial charge >= 0.3 is 52.5 Å². The van der Waals surface area contributed by atoms with Crippen LogP contribution in [0.25, 0.3) is 0 Å². The van der Waals surface area contributed by atoms with E-state index in [2.05, 4.69) is 43.9 Å². The molecule has 68 valence electrons. The first-order chi connectivity index (χ1) is 6.43. The Kier molecular flexibility index (Phi) is 31.2. The van der Waals surface area contributed by atoms with Crippen molar-refractivity contribution in [3.8, 4) is 0 Å². The maximum atomic E-state index is 7.50. The molecule has 13 heavy (non-hydrogen) atoms. The zero-order valence-electron chi connectivity index (χ0n) is 7.07. The van der Waals surface area contributed by atoms with E-state index >= 15 is 0 Å². The van der Waals surface area contributed by atoms with Gasteiger partial charge in [-0.05, 0) is 0 Å². The molecule has 0 aromatic rings. The van der Waals surface area contributed by atoms with Gasteiger partial charge in [0.05, 0.1) is 0 Å². The Bertz CT molecular complexity index is 150. The molecule has 0 N–H and O–H groups in total. The maximum Gasteiger partial charge on any atom is 0.281 e. The van der Waals surface area contributed by atoms with Crippen LogP contribution in [0, 0.1) is 0 Å². The van der Waals surface area contributed by atoms with Crippen molar-refractivity contribution in [3.63, 3.8) is 0 Å². The van der Waals surface area contributed by atoms with Crippen molar-refractivity contribution in [3.05, 3.63) is 22.2 Å². The van der Waals surface area contributed by atoms with Crippen molar-refractivity contribution in [2.75, 3.05) is 0 Å². The third kappa shape index (κ3) is 14.1. The van der Waals surface area contributed by atoms with Gasteiger partial charge in [-0.15, -0.1) is 0 Å². The Balaban J connectivity index is -0.000000144. The number of hydrogen-bond acceptors (Lipinski definition) is 3. The minimum atomic E-state index is -0.0162. The number of hydrogen-bond donors (Lipinski definition) is 0. The van der Waals surface area contributed by atoms with Crippen LogP contribution in [0.1, 0.15) is 6.42 Å². The average molecular weight is 348 g/mol. The SMILES string of the molecule is [CH3][W][C]1=CC=CC1.[C]=O.[C]=O.[C]=O. The summed E-state index contributed by atoms with van der Waals surface area (Å²) in [4.78, 5) is 22.5. The molecule has 0 amide bonds. The molecule has 0 atom stereocenters. The second kappa shape index (κ2) is 22.5. The third-order valence-electron chi connectivity index (χ3n) is 0.999. The van der Waals surface area contributed by atoms with E-state index in [1.54, 1.807) is 3.96 Å². The fraction of sp³-hybridized carbons (Fsp3) is 0.222. The van der Waals surface area contributed by atoms with Crippen LogP contribution in [0.4, 0.5) is 0 Å². The van der Waals surface area contributed by atoms with Gasteiger partial charge in [0, 0.05) is 0 Å². The van der Waals surface area contributed by atoms with Crippen LogP contribution in [0.2, 0.25) is 5.31 Å². The van der Waals surface area contributed by atoms with E-state index in [4.69, 9.17) is 14.4 Å². The number of rotatable bonds is 1. The Morgan fingerprint density at radius 2 is 1.62 bits per heavy atom. The van der Waals surface area contributed by atoms with Crippen LogP contribution in [0.15, 0.2) is 22.2 Å². The van der Waals surface area contributed by atoms with Crippen molar-refractivity contribution in [1.82, 2.24) is 0 Å². The molecule has 0 spiro atoms. The molecule has 1 aliphatic carbocycles. The minimum Gasteiger partial charge on any atom is -0.281 e. The van der Waals surface area contributed by atoms with Crippen LogP contribution in [0.3, 0.4) is 0 Å². The van der Waals surface area contributed by atoms with E-state index < -0.39 is 0 Å². The smallest absolute Gasteiger partial charge is 0.281 e. The third-order valence-corrected chi connectivity index (χ3v) is 3.97. The monoisotopic (exact) mass is 348 g/mol. The van der Waals surface area contributed by atoms with Gasteiger partial charge in [-0.1, -0.05) is 0 Å². The summed E-state index contributed by atoms with van der Waals surface area (Å²) in [5, 5.41) is 2.36. The van der Waals surface area contributed by atoms with Crippen molar-refractivity contribution < 1.29 is 32.9 Å². The molecule has 6 radical (unpaired) electrons. The number of carbonyl (C=O) groups excluding carboxylic acids is 3. The molecule has 0 fully saturated rings. The van der Waals surface area contributed by atoms with E-state index in [0.717, 1.165) is 0 Å². The molecule has 0 aromatic carbocycles. The second-order valence-electron chi connectivity index (χ2n) is 1.47. The van der Waals surface area contributed by atoms with Gasteiger partial charge in [0.15, 0.2) is 0 Å². The van der Waals surface area contributed by atoms with Crippen molar-refractivity contribution in [2.24, 2.45) is 0 Å². The van der Waals surface area contributed by atoms with Crippen LogP contribution in [0.5, 0.6) is 0 Å². The number of allylic oxidation sites excluding steroid dienone is 4. The van der Waals surface area contributed by atoms with Crippen LogP contribution in [-0.2, 0) is 32.9 Å². The Morgan fingerprint density at radius 3 is 1.77 bits per heavy atom. The average Bonchev–Trinajstić information content (AvgIpc) is 2.79. The summed E-state index contributed by atoms with van der Waals surface area (Å²) in [6.07, 6.45) is 7.93. The molecule has 0 heterocycles. The molecular weight excluding hydrogens is 340 g/mol. The molecule has 3 nitrogen and oxygen atoms in total. The molecule has 1 aliphatic rings. The molecule has 0 saturated heterocycles. The zero-order chi connectivity index (χ0) is 11.1. The van der Waals surface area contributed by atoms with Gasteiger partial charge < -0.3 is 0 Å². The van der Waals surface area contributed by atoms with Gasteiger partial charge in [-0.2, -0.15) is 0 Å². The second-order valence-corrected chi connectivity index (χ2v) is 4.82. The van der Waals surface area contributed by atoms with Crippen LogP contribution >= 0.6 is 0 Å². The molecule has 0 unspecified atom stereocenters. The van der Waals surface area contributed by atoms with E-state index in [0.29, 0.717) is 0 Å². The molecule has 0 saturated carbocycles. The van der Waals surface area contributed by atoms with Crippen molar-refractivity contribution in [2.45, 2.75) is 11.7 Å². The quantitative estimate of drug-likeness (QED) is 0.704. The largest absolute Gasteiger partial charge is 0.281 e. The first-order valence-corrected chi connectivity index (χ1v) is 7.34. The predicted octanol–water partition coefficient (Wildman–Crippen LogP) is 0.769. The van der Waals surface area contributed by atoms with Crippen LogP contribution < -0.4 is 0 Å². The van der Waals surface area contributed by atoms with E-state index in [9.17, 15) is 0 Å². The maximum absolute atomic E-state index is 7.50. The molecular formula is C9H8O3W. The Labute approximate surface area is 87.4 Å². The Morgan fingerprint density at radius 1 is 1.15 bits per heavy atom. The van der Waals surface area contributed by atoms with Crippen molar-refractivity contribution >= 4 is 20.4 Å². The summed E-state index contributed by atoms with van der Waals surface area (Å²) in [6, 6.07) is 0. The summed E-state index contributed by atoms with van der Waals surface area (Å²) in [5.74, 6) is 0. The predicted molar refractivity (Wildman–Crippen MR) is 44.8 cm³/mol. The summed E-state index contributed by atoms with van der Waals surface area (Å²) in [6.45, 7) is 13.5. The Hall–Kier alpha value is -0.822. The normalized spacial score (nSPS) is 10.4. The summed E-state index contributed by atoms with van der Waals surface area (Å²) >= 11 is -0.0162. The summed E-state index contributed by atoms with van der Waals surface area (Å²) in [7, 11) is 0. The van der Waals surface area contributed by atoms with Gasteiger partial charge in [-0.25, -0.2) is 0 Å². The fourth-order valence-electron chi connectivity index (χ4n) is 0.579. The molecule has 0 bridgehead atoms. The summed E-state index contributed by atoms with van der Waals surface area (Å²) < 4.78 is 1.72. The van der Waals surface area contributed by atoms with Gasteiger partial charge in [0.1, 0.15) is 0 Å². The zero-order valence-corrected chi connectivity index (χ0v) is 10.0. The van der Waals surface area contributed by atoms with Crippen LogP contribution in [-0.4, -0.2) is 20.4 Å². The summed E-state index contributed by atoms with van der Waals surface area (Å²) in [5.41, 5.74) is 0. The molecule has 0 aromatic heterocycles. The first kappa shape index (κ1) is 18.1. The molecule has 4 heteroatoms. The minimum absolute atomic E-state index is 0.0162. The van der Waals surface area contributed by atoms with E-state index in [-0.39, 0.29) is 18.6 Å². The molecule has 1 rings (SSSR count). The van der Waals surface area contributed by atoms with Gasteiger partial charge in [-0.3, -0.25) is 14.4 Å². The topological polar surface area (TPSA) is 51.2 Å². The fourth-order valence-corrected chi connectivity index (χ4v) is 2.29. The van der Waals surface area contributed by atoms with Gasteiger partial charge in [0.2, 0.25) is 0 Å². The van der Waals surface area contributed by atoms with E-state index in [1.807, 2.05) is 0 Å².